The van der Waals surface area contributed by atoms with E-state index in [1.807, 2.05) is 37.3 Å². The van der Waals surface area contributed by atoms with Crippen LogP contribution in [-0.2, 0) is 10.2 Å². The molecule has 3 rings (SSSR count). The molecule has 1 aliphatic rings. The first-order chi connectivity index (χ1) is 8.62. The molecule has 1 aliphatic heterocycles. The minimum atomic E-state index is -0.746. The number of anilines is 1. The molecule has 2 aromatic rings. The number of halogens is 1. The Morgan fingerprint density at radius 3 is 2.56 bits per heavy atom. The number of amides is 1. The molecular formula is C15H12FNO. The van der Waals surface area contributed by atoms with Crippen LogP contribution in [0.25, 0.3) is 0 Å². The van der Waals surface area contributed by atoms with E-state index in [2.05, 4.69) is 5.32 Å². The Labute approximate surface area is 104 Å². The second-order valence-electron chi connectivity index (χ2n) is 4.64. The quantitative estimate of drug-likeness (QED) is 0.816. The van der Waals surface area contributed by atoms with E-state index >= 15 is 0 Å². The average molecular weight is 241 g/mol. The van der Waals surface area contributed by atoms with Crippen molar-refractivity contribution in [2.75, 3.05) is 5.32 Å². The Morgan fingerprint density at radius 2 is 1.83 bits per heavy atom. The lowest BCUT2D eigenvalue weighted by Crippen LogP contribution is -2.32. The van der Waals surface area contributed by atoms with Crippen LogP contribution >= 0.6 is 0 Å². The predicted octanol–water partition coefficient (Wildman–Crippen LogP) is 3.08. The van der Waals surface area contributed by atoms with Gasteiger partial charge in [0.15, 0.2) is 0 Å². The summed E-state index contributed by atoms with van der Waals surface area (Å²) in [6.45, 7) is 1.86. The molecule has 0 spiro atoms. The normalized spacial score (nSPS) is 21.6. The van der Waals surface area contributed by atoms with Gasteiger partial charge in [0.1, 0.15) is 5.82 Å². The maximum Gasteiger partial charge on any atom is 0.239 e. The second-order valence-corrected chi connectivity index (χ2v) is 4.64. The summed E-state index contributed by atoms with van der Waals surface area (Å²) in [4.78, 5) is 12.2. The van der Waals surface area contributed by atoms with Crippen LogP contribution in [0.3, 0.4) is 0 Å². The zero-order valence-electron chi connectivity index (χ0n) is 9.91. The molecule has 18 heavy (non-hydrogen) atoms. The molecule has 1 unspecified atom stereocenters. The molecule has 90 valence electrons. The van der Waals surface area contributed by atoms with Crippen LogP contribution in [0.15, 0.2) is 48.5 Å². The van der Waals surface area contributed by atoms with E-state index in [9.17, 15) is 9.18 Å². The number of hydrogen-bond donors (Lipinski definition) is 1. The van der Waals surface area contributed by atoms with Gasteiger partial charge in [0.2, 0.25) is 5.91 Å². The van der Waals surface area contributed by atoms with Crippen LogP contribution in [0.5, 0.6) is 0 Å². The van der Waals surface area contributed by atoms with Crippen LogP contribution in [0, 0.1) is 5.82 Å². The molecule has 0 fully saturated rings. The summed E-state index contributed by atoms with van der Waals surface area (Å²) in [5.74, 6) is -0.458. The van der Waals surface area contributed by atoms with Crippen molar-refractivity contribution in [3.63, 3.8) is 0 Å². The van der Waals surface area contributed by atoms with Crippen LogP contribution in [0.4, 0.5) is 10.1 Å². The maximum atomic E-state index is 13.2. The highest BCUT2D eigenvalue weighted by Gasteiger charge is 2.43. The van der Waals surface area contributed by atoms with Gasteiger partial charge in [0, 0.05) is 5.69 Å². The van der Waals surface area contributed by atoms with Crippen LogP contribution < -0.4 is 5.32 Å². The first-order valence-electron chi connectivity index (χ1n) is 5.79. The zero-order valence-corrected chi connectivity index (χ0v) is 9.91. The van der Waals surface area contributed by atoms with Crippen molar-refractivity contribution in [1.82, 2.24) is 0 Å². The van der Waals surface area contributed by atoms with Gasteiger partial charge >= 0.3 is 0 Å². The highest BCUT2D eigenvalue weighted by molar-refractivity contribution is 6.08. The Balaban J connectivity index is 2.23. The first kappa shape index (κ1) is 11.0. The highest BCUT2D eigenvalue weighted by atomic mass is 19.1. The number of carbonyl (C=O) groups excluding carboxylic acids is 1. The first-order valence-corrected chi connectivity index (χ1v) is 5.79. The number of carbonyl (C=O) groups is 1. The Kier molecular flexibility index (Phi) is 2.23. The molecule has 1 N–H and O–H groups in total. The van der Waals surface area contributed by atoms with Crippen molar-refractivity contribution in [3.8, 4) is 0 Å². The standard InChI is InChI=1S/C15H12FNO/c1-15(10-5-3-2-4-6-10)12-8-7-11(16)9-13(12)17-14(15)18/h2-9H,1H3,(H,17,18). The smallest absolute Gasteiger partial charge is 0.239 e. The summed E-state index contributed by atoms with van der Waals surface area (Å²) >= 11 is 0. The van der Waals surface area contributed by atoms with Crippen molar-refractivity contribution in [2.24, 2.45) is 0 Å². The minimum absolute atomic E-state index is 0.116. The van der Waals surface area contributed by atoms with E-state index < -0.39 is 5.41 Å². The molecule has 0 aliphatic carbocycles. The average Bonchev–Trinajstić information content (AvgIpc) is 2.63. The summed E-state index contributed by atoms with van der Waals surface area (Å²) in [5, 5.41) is 2.75. The van der Waals surface area contributed by atoms with Gasteiger partial charge in [0.25, 0.3) is 0 Å². The largest absolute Gasteiger partial charge is 0.325 e. The number of nitrogens with one attached hydrogen (secondary N) is 1. The van der Waals surface area contributed by atoms with Gasteiger partial charge in [-0.15, -0.1) is 0 Å². The molecule has 2 aromatic carbocycles. The van der Waals surface area contributed by atoms with Crippen LogP contribution in [0.2, 0.25) is 0 Å². The third-order valence-electron chi connectivity index (χ3n) is 3.57. The fraction of sp³-hybridized carbons (Fsp3) is 0.133. The van der Waals surface area contributed by atoms with Crippen LogP contribution in [-0.4, -0.2) is 5.91 Å². The summed E-state index contributed by atoms with van der Waals surface area (Å²) in [6, 6.07) is 14.0. The van der Waals surface area contributed by atoms with E-state index in [1.165, 1.54) is 12.1 Å². The molecule has 2 nitrogen and oxygen atoms in total. The van der Waals surface area contributed by atoms with Gasteiger partial charge < -0.3 is 5.32 Å². The van der Waals surface area contributed by atoms with Gasteiger partial charge in [-0.1, -0.05) is 36.4 Å². The Hall–Kier alpha value is -2.16. The lowest BCUT2D eigenvalue weighted by atomic mass is 9.77. The maximum absolute atomic E-state index is 13.2. The minimum Gasteiger partial charge on any atom is -0.325 e. The fourth-order valence-electron chi connectivity index (χ4n) is 2.48. The van der Waals surface area contributed by atoms with Gasteiger partial charge in [-0.2, -0.15) is 0 Å². The van der Waals surface area contributed by atoms with Crippen LogP contribution in [0.1, 0.15) is 18.1 Å². The monoisotopic (exact) mass is 241 g/mol. The van der Waals surface area contributed by atoms with Gasteiger partial charge in [-0.25, -0.2) is 4.39 Å². The lowest BCUT2D eigenvalue weighted by molar-refractivity contribution is -0.119. The predicted molar refractivity (Wildman–Crippen MR) is 67.9 cm³/mol. The SMILES string of the molecule is CC1(c2ccccc2)C(=O)Nc2cc(F)ccc21. The summed E-state index contributed by atoms with van der Waals surface area (Å²) in [7, 11) is 0. The second kappa shape index (κ2) is 3.67. The molecule has 1 heterocycles. The van der Waals surface area contributed by atoms with E-state index in [0.29, 0.717) is 5.69 Å². The Morgan fingerprint density at radius 1 is 1.11 bits per heavy atom. The summed E-state index contributed by atoms with van der Waals surface area (Å²) in [5.41, 5.74) is 1.55. The zero-order chi connectivity index (χ0) is 12.8. The molecule has 0 saturated carbocycles. The topological polar surface area (TPSA) is 29.1 Å². The highest BCUT2D eigenvalue weighted by Crippen LogP contribution is 2.42. The van der Waals surface area contributed by atoms with Crippen molar-refractivity contribution in [1.29, 1.82) is 0 Å². The fourth-order valence-corrected chi connectivity index (χ4v) is 2.48. The van der Waals surface area contributed by atoms with Crippen molar-refractivity contribution < 1.29 is 9.18 Å². The van der Waals surface area contributed by atoms with E-state index in [-0.39, 0.29) is 11.7 Å². The Bertz CT molecular complexity index is 624. The molecule has 0 radical (unpaired) electrons. The summed E-state index contributed by atoms with van der Waals surface area (Å²) in [6.07, 6.45) is 0. The van der Waals surface area contributed by atoms with Gasteiger partial charge in [-0.3, -0.25) is 4.79 Å². The molecule has 1 amide bonds. The van der Waals surface area contributed by atoms with Crippen molar-refractivity contribution in [2.45, 2.75) is 12.3 Å². The molecule has 3 heteroatoms. The number of fused-ring (bicyclic) bond motifs is 1. The molecular weight excluding hydrogens is 229 g/mol. The number of hydrogen-bond acceptors (Lipinski definition) is 1. The lowest BCUT2D eigenvalue weighted by Gasteiger charge is -2.22. The van der Waals surface area contributed by atoms with E-state index in [1.54, 1.807) is 6.07 Å². The molecule has 0 aromatic heterocycles. The molecule has 1 atom stereocenters. The molecule has 0 bridgehead atoms. The van der Waals surface area contributed by atoms with Crippen molar-refractivity contribution in [3.05, 3.63) is 65.5 Å². The van der Waals surface area contributed by atoms with E-state index in [4.69, 9.17) is 0 Å². The van der Waals surface area contributed by atoms with Gasteiger partial charge in [0.05, 0.1) is 5.41 Å². The summed E-state index contributed by atoms with van der Waals surface area (Å²) < 4.78 is 13.2. The number of benzene rings is 2. The third-order valence-corrected chi connectivity index (χ3v) is 3.57. The van der Waals surface area contributed by atoms with E-state index in [0.717, 1.165) is 11.1 Å². The molecule has 0 saturated heterocycles. The number of rotatable bonds is 1. The third kappa shape index (κ3) is 1.37. The van der Waals surface area contributed by atoms with Crippen molar-refractivity contribution >= 4 is 11.6 Å². The van der Waals surface area contributed by atoms with Gasteiger partial charge in [-0.05, 0) is 30.2 Å².